The molecule has 0 unspecified atom stereocenters. The number of hydrogen-bond donors (Lipinski definition) is 0. The lowest BCUT2D eigenvalue weighted by Gasteiger charge is -2.13. The number of aromatic nitrogens is 2. The predicted octanol–water partition coefficient (Wildman–Crippen LogP) is 3.87. The number of fused-ring (bicyclic) bond motifs is 1. The Morgan fingerprint density at radius 2 is 2.00 bits per heavy atom. The van der Waals surface area contributed by atoms with Gasteiger partial charge < -0.3 is 9.47 Å². The average molecular weight is 301 g/mol. The van der Waals surface area contributed by atoms with Crippen molar-refractivity contribution in [3.63, 3.8) is 0 Å². The van der Waals surface area contributed by atoms with Crippen molar-refractivity contribution >= 4 is 22.5 Å². The van der Waals surface area contributed by atoms with Crippen molar-refractivity contribution in [2.45, 2.75) is 6.61 Å². The predicted molar refractivity (Wildman–Crippen MR) is 81.9 cm³/mol. The number of ether oxygens (including phenoxy) is 2. The zero-order chi connectivity index (χ0) is 14.7. The fraction of sp³-hybridized carbons (Fsp3) is 0.125. The van der Waals surface area contributed by atoms with Gasteiger partial charge in [0.05, 0.1) is 12.6 Å². The molecule has 0 saturated heterocycles. The smallest absolute Gasteiger partial charge is 0.182 e. The molecular formula is C16H13ClN2O2. The van der Waals surface area contributed by atoms with Crippen molar-refractivity contribution in [1.29, 1.82) is 0 Å². The van der Waals surface area contributed by atoms with Crippen molar-refractivity contribution in [1.82, 2.24) is 9.97 Å². The quantitative estimate of drug-likeness (QED) is 0.733. The van der Waals surface area contributed by atoms with Gasteiger partial charge in [0, 0.05) is 11.6 Å². The second kappa shape index (κ2) is 5.97. The maximum Gasteiger partial charge on any atom is 0.182 e. The molecule has 3 aromatic rings. The summed E-state index contributed by atoms with van der Waals surface area (Å²) in [4.78, 5) is 8.18. The van der Waals surface area contributed by atoms with E-state index < -0.39 is 0 Å². The molecule has 0 aliphatic heterocycles. The molecule has 0 aliphatic rings. The van der Waals surface area contributed by atoms with E-state index in [2.05, 4.69) is 9.97 Å². The lowest BCUT2D eigenvalue weighted by atomic mass is 10.2. The van der Waals surface area contributed by atoms with Gasteiger partial charge >= 0.3 is 0 Å². The van der Waals surface area contributed by atoms with Crippen LogP contribution in [0.5, 0.6) is 11.5 Å². The van der Waals surface area contributed by atoms with Gasteiger partial charge in [-0.15, -0.1) is 0 Å². The third kappa shape index (κ3) is 2.76. The zero-order valence-corrected chi connectivity index (χ0v) is 12.2. The second-order valence-electron chi connectivity index (χ2n) is 4.46. The number of methoxy groups -OCH3 is 1. The van der Waals surface area contributed by atoms with Crippen LogP contribution in [0.25, 0.3) is 10.9 Å². The minimum atomic E-state index is 0.410. The van der Waals surface area contributed by atoms with Crippen LogP contribution >= 0.6 is 11.6 Å². The summed E-state index contributed by atoms with van der Waals surface area (Å²) in [7, 11) is 1.58. The molecule has 21 heavy (non-hydrogen) atoms. The first-order chi connectivity index (χ1) is 10.3. The van der Waals surface area contributed by atoms with Gasteiger partial charge in [0.15, 0.2) is 11.5 Å². The molecular weight excluding hydrogens is 288 g/mol. The van der Waals surface area contributed by atoms with Crippen LogP contribution in [-0.4, -0.2) is 17.1 Å². The van der Waals surface area contributed by atoms with Crippen molar-refractivity contribution in [3.8, 4) is 11.5 Å². The number of rotatable bonds is 4. The SMILES string of the molecule is COc1cc2cncnc2c(Cl)c1OCc1ccccc1. The Bertz CT molecular complexity index is 763. The molecule has 1 aromatic heterocycles. The fourth-order valence-electron chi connectivity index (χ4n) is 2.07. The monoisotopic (exact) mass is 300 g/mol. The molecule has 5 heteroatoms. The van der Waals surface area contributed by atoms with E-state index in [0.29, 0.717) is 28.6 Å². The van der Waals surface area contributed by atoms with Crippen LogP contribution in [-0.2, 0) is 6.61 Å². The Labute approximate surface area is 127 Å². The van der Waals surface area contributed by atoms with Crippen molar-refractivity contribution in [2.24, 2.45) is 0 Å². The molecule has 0 atom stereocenters. The van der Waals surface area contributed by atoms with Crippen LogP contribution in [0.4, 0.5) is 0 Å². The van der Waals surface area contributed by atoms with Gasteiger partial charge in [-0.3, -0.25) is 0 Å². The summed E-state index contributed by atoms with van der Waals surface area (Å²) in [6.45, 7) is 0.410. The Kier molecular flexibility index (Phi) is 3.88. The Morgan fingerprint density at radius 3 is 2.76 bits per heavy atom. The fourth-order valence-corrected chi connectivity index (χ4v) is 2.37. The molecule has 106 valence electrons. The Balaban J connectivity index is 1.98. The van der Waals surface area contributed by atoms with Crippen molar-refractivity contribution < 1.29 is 9.47 Å². The molecule has 3 rings (SSSR count). The molecule has 0 amide bonds. The standard InChI is InChI=1S/C16H13ClN2O2/c1-20-13-7-12-8-18-10-19-15(12)14(17)16(13)21-9-11-5-3-2-4-6-11/h2-8,10H,9H2,1H3. The molecule has 4 nitrogen and oxygen atoms in total. The molecule has 0 spiro atoms. The van der Waals surface area contributed by atoms with E-state index in [1.54, 1.807) is 13.3 Å². The lowest BCUT2D eigenvalue weighted by Crippen LogP contribution is -1.99. The average Bonchev–Trinajstić information content (AvgIpc) is 2.55. The Morgan fingerprint density at radius 1 is 1.19 bits per heavy atom. The molecule has 0 aliphatic carbocycles. The number of hydrogen-bond acceptors (Lipinski definition) is 4. The lowest BCUT2D eigenvalue weighted by molar-refractivity contribution is 0.285. The van der Waals surface area contributed by atoms with E-state index in [4.69, 9.17) is 21.1 Å². The van der Waals surface area contributed by atoms with Crippen LogP contribution in [0.2, 0.25) is 5.02 Å². The third-order valence-corrected chi connectivity index (χ3v) is 3.45. The van der Waals surface area contributed by atoms with E-state index >= 15 is 0 Å². The molecule has 0 fully saturated rings. The molecule has 1 heterocycles. The molecule has 0 N–H and O–H groups in total. The second-order valence-corrected chi connectivity index (χ2v) is 4.83. The van der Waals surface area contributed by atoms with Crippen LogP contribution < -0.4 is 9.47 Å². The van der Waals surface area contributed by atoms with Crippen LogP contribution in [0.1, 0.15) is 5.56 Å². The normalized spacial score (nSPS) is 10.6. The number of nitrogens with zero attached hydrogens (tertiary/aromatic N) is 2. The van der Waals surface area contributed by atoms with E-state index in [1.807, 2.05) is 36.4 Å². The molecule has 2 aromatic carbocycles. The van der Waals surface area contributed by atoms with Gasteiger partial charge in [-0.05, 0) is 11.6 Å². The van der Waals surface area contributed by atoms with E-state index in [-0.39, 0.29) is 0 Å². The van der Waals surface area contributed by atoms with Crippen LogP contribution in [0.3, 0.4) is 0 Å². The maximum atomic E-state index is 6.40. The van der Waals surface area contributed by atoms with E-state index in [9.17, 15) is 0 Å². The van der Waals surface area contributed by atoms with E-state index in [1.165, 1.54) is 6.33 Å². The summed E-state index contributed by atoms with van der Waals surface area (Å²) in [6, 6.07) is 11.7. The number of benzene rings is 2. The first kappa shape index (κ1) is 13.6. The van der Waals surface area contributed by atoms with Gasteiger partial charge in [-0.25, -0.2) is 9.97 Å². The van der Waals surface area contributed by atoms with Crippen LogP contribution in [0.15, 0.2) is 48.9 Å². The van der Waals surface area contributed by atoms with Crippen LogP contribution in [0, 0.1) is 0 Å². The summed E-state index contributed by atoms with van der Waals surface area (Å²) >= 11 is 6.40. The minimum absolute atomic E-state index is 0.410. The summed E-state index contributed by atoms with van der Waals surface area (Å²) in [6.07, 6.45) is 3.15. The largest absolute Gasteiger partial charge is 0.493 e. The van der Waals surface area contributed by atoms with Crippen molar-refractivity contribution in [3.05, 3.63) is 59.5 Å². The highest BCUT2D eigenvalue weighted by molar-refractivity contribution is 6.36. The maximum absolute atomic E-state index is 6.40. The summed E-state index contributed by atoms with van der Waals surface area (Å²) in [5, 5.41) is 1.24. The summed E-state index contributed by atoms with van der Waals surface area (Å²) in [5.74, 6) is 1.06. The number of halogens is 1. The third-order valence-electron chi connectivity index (χ3n) is 3.10. The summed E-state index contributed by atoms with van der Waals surface area (Å²) < 4.78 is 11.2. The van der Waals surface area contributed by atoms with E-state index in [0.717, 1.165) is 10.9 Å². The molecule has 0 radical (unpaired) electrons. The van der Waals surface area contributed by atoms with Crippen molar-refractivity contribution in [2.75, 3.05) is 7.11 Å². The molecule has 0 saturated carbocycles. The first-order valence-electron chi connectivity index (χ1n) is 6.42. The molecule has 0 bridgehead atoms. The minimum Gasteiger partial charge on any atom is -0.493 e. The van der Waals surface area contributed by atoms with Gasteiger partial charge in [-0.2, -0.15) is 0 Å². The topological polar surface area (TPSA) is 44.2 Å². The van der Waals surface area contributed by atoms with Gasteiger partial charge in [0.25, 0.3) is 0 Å². The highest BCUT2D eigenvalue weighted by Gasteiger charge is 2.15. The van der Waals surface area contributed by atoms with Gasteiger partial charge in [0.2, 0.25) is 0 Å². The zero-order valence-electron chi connectivity index (χ0n) is 11.4. The van der Waals surface area contributed by atoms with Gasteiger partial charge in [0.1, 0.15) is 18.0 Å². The Hall–Kier alpha value is -2.33. The summed E-state index contributed by atoms with van der Waals surface area (Å²) in [5.41, 5.74) is 1.70. The first-order valence-corrected chi connectivity index (χ1v) is 6.80. The van der Waals surface area contributed by atoms with Gasteiger partial charge in [-0.1, -0.05) is 41.9 Å². The highest BCUT2D eigenvalue weighted by Crippen LogP contribution is 2.40. The highest BCUT2D eigenvalue weighted by atomic mass is 35.5.